The Bertz CT molecular complexity index is 719. The molecule has 2 heterocycles. The zero-order valence-electron chi connectivity index (χ0n) is 14.3. The molecule has 1 saturated heterocycles. The number of quaternary nitrogens is 2. The summed E-state index contributed by atoms with van der Waals surface area (Å²) in [7, 11) is 4.26. The maximum atomic E-state index is 10.0. The zero-order valence-corrected chi connectivity index (χ0v) is 14.3. The van der Waals surface area contributed by atoms with Crippen molar-refractivity contribution in [2.75, 3.05) is 40.3 Å². The van der Waals surface area contributed by atoms with Gasteiger partial charge in [-0.15, -0.1) is 0 Å². The SMILES string of the molecule is C[NH+]1CCC2(CC1)C1C[NH+](C)CC=C1C(C#N)=C(N)C2(C#N)C#N. The largest absolute Gasteiger partial charge is 0.399 e. The van der Waals surface area contributed by atoms with Crippen LogP contribution in [0.5, 0.6) is 0 Å². The maximum absolute atomic E-state index is 10.0. The van der Waals surface area contributed by atoms with Crippen molar-refractivity contribution in [1.82, 2.24) is 0 Å². The molecule has 1 aliphatic carbocycles. The highest BCUT2D eigenvalue weighted by molar-refractivity contribution is 5.58. The van der Waals surface area contributed by atoms with Crippen molar-refractivity contribution in [1.29, 1.82) is 15.8 Å². The molecule has 124 valence electrons. The number of nitrogens with one attached hydrogen (secondary N) is 2. The number of piperidine rings is 1. The van der Waals surface area contributed by atoms with E-state index >= 15 is 0 Å². The van der Waals surface area contributed by atoms with Gasteiger partial charge in [0.2, 0.25) is 0 Å². The van der Waals surface area contributed by atoms with Crippen LogP contribution in [0.25, 0.3) is 0 Å². The van der Waals surface area contributed by atoms with E-state index in [9.17, 15) is 15.8 Å². The number of fused-ring (bicyclic) bond motifs is 2. The molecule has 3 aliphatic rings. The standard InChI is InChI=1S/C18H22N6/c1-23-7-4-17(5-8-23)15-10-24(2)6-3-13(15)14(9-19)16(22)18(17,11-20)12-21/h3,15H,4-8,10,22H2,1-2H3/p+2. The third-order valence-electron chi connectivity index (χ3n) is 6.42. The molecule has 0 aromatic heterocycles. The van der Waals surface area contributed by atoms with Gasteiger partial charge in [0.1, 0.15) is 6.07 Å². The second kappa shape index (κ2) is 5.64. The molecule has 0 radical (unpaired) electrons. The van der Waals surface area contributed by atoms with Gasteiger partial charge in [0, 0.05) is 24.2 Å². The third kappa shape index (κ3) is 1.93. The second-order valence-electron chi connectivity index (χ2n) is 7.56. The van der Waals surface area contributed by atoms with Crippen molar-refractivity contribution in [2.24, 2.45) is 22.5 Å². The summed E-state index contributed by atoms with van der Waals surface area (Å²) in [6, 6.07) is 6.72. The van der Waals surface area contributed by atoms with Gasteiger partial charge >= 0.3 is 0 Å². The van der Waals surface area contributed by atoms with Crippen molar-refractivity contribution >= 4 is 0 Å². The molecular formula is C18H24N6+2. The molecule has 2 aliphatic heterocycles. The molecule has 2 unspecified atom stereocenters. The average Bonchev–Trinajstić information content (AvgIpc) is 2.59. The highest BCUT2D eigenvalue weighted by Crippen LogP contribution is 2.60. The van der Waals surface area contributed by atoms with E-state index in [1.54, 1.807) is 0 Å². The fraction of sp³-hybridized carbons (Fsp3) is 0.611. The first kappa shape index (κ1) is 16.5. The second-order valence-corrected chi connectivity index (χ2v) is 7.56. The van der Waals surface area contributed by atoms with E-state index in [1.807, 2.05) is 0 Å². The van der Waals surface area contributed by atoms with Crippen molar-refractivity contribution in [3.8, 4) is 18.2 Å². The zero-order chi connectivity index (χ0) is 17.5. The van der Waals surface area contributed by atoms with E-state index in [0.29, 0.717) is 5.57 Å². The lowest BCUT2D eigenvalue weighted by Gasteiger charge is -2.54. The van der Waals surface area contributed by atoms with Crippen LogP contribution < -0.4 is 15.5 Å². The van der Waals surface area contributed by atoms with Crippen LogP contribution in [0.4, 0.5) is 0 Å². The van der Waals surface area contributed by atoms with Crippen LogP contribution in [0.3, 0.4) is 0 Å². The molecular weight excluding hydrogens is 300 g/mol. The van der Waals surface area contributed by atoms with Gasteiger partial charge in [-0.2, -0.15) is 15.8 Å². The van der Waals surface area contributed by atoms with E-state index in [0.717, 1.165) is 44.6 Å². The summed E-state index contributed by atoms with van der Waals surface area (Å²) >= 11 is 0. The van der Waals surface area contributed by atoms with Gasteiger partial charge in [0.05, 0.1) is 63.7 Å². The molecule has 6 heteroatoms. The summed E-state index contributed by atoms with van der Waals surface area (Å²) in [6.07, 6.45) is 3.67. The lowest BCUT2D eigenvalue weighted by Crippen LogP contribution is -3.12. The van der Waals surface area contributed by atoms with Gasteiger partial charge in [-0.05, 0) is 11.6 Å². The number of hydrogen-bond acceptors (Lipinski definition) is 4. The summed E-state index contributed by atoms with van der Waals surface area (Å²) in [5.41, 5.74) is 5.95. The highest BCUT2D eigenvalue weighted by Gasteiger charge is 2.65. The Morgan fingerprint density at radius 1 is 1.12 bits per heavy atom. The highest BCUT2D eigenvalue weighted by atomic mass is 15.1. The lowest BCUT2D eigenvalue weighted by atomic mass is 9.47. The summed E-state index contributed by atoms with van der Waals surface area (Å²) in [5.74, 6) is 0.0422. The number of nitrogens with zero attached hydrogens (tertiary/aromatic N) is 3. The molecule has 0 aromatic rings. The van der Waals surface area contributed by atoms with Crippen molar-refractivity contribution in [3.05, 3.63) is 22.9 Å². The van der Waals surface area contributed by atoms with Gasteiger partial charge in [0.25, 0.3) is 0 Å². The molecule has 0 aromatic carbocycles. The van der Waals surface area contributed by atoms with Gasteiger partial charge in [-0.3, -0.25) is 0 Å². The van der Waals surface area contributed by atoms with E-state index in [-0.39, 0.29) is 11.6 Å². The predicted molar refractivity (Wildman–Crippen MR) is 87.0 cm³/mol. The Morgan fingerprint density at radius 3 is 2.29 bits per heavy atom. The first-order chi connectivity index (χ1) is 11.5. The molecule has 0 amide bonds. The minimum absolute atomic E-state index is 0.0422. The molecule has 1 fully saturated rings. The Balaban J connectivity index is 2.30. The Morgan fingerprint density at radius 2 is 1.75 bits per heavy atom. The van der Waals surface area contributed by atoms with Crippen LogP contribution in [0.2, 0.25) is 0 Å². The average molecular weight is 324 g/mol. The Kier molecular flexibility index (Phi) is 3.88. The van der Waals surface area contributed by atoms with Crippen LogP contribution in [0, 0.1) is 50.7 Å². The topological polar surface area (TPSA) is 106 Å². The first-order valence-corrected chi connectivity index (χ1v) is 8.51. The minimum Gasteiger partial charge on any atom is -0.399 e. The lowest BCUT2D eigenvalue weighted by molar-refractivity contribution is -0.892. The molecule has 1 spiro atoms. The molecule has 4 N–H and O–H groups in total. The van der Waals surface area contributed by atoms with E-state index in [4.69, 9.17) is 5.73 Å². The number of nitriles is 3. The van der Waals surface area contributed by atoms with Crippen molar-refractivity contribution in [2.45, 2.75) is 12.8 Å². The summed E-state index contributed by atoms with van der Waals surface area (Å²) in [5, 5.41) is 29.7. The minimum atomic E-state index is -1.40. The van der Waals surface area contributed by atoms with Crippen LogP contribution in [-0.4, -0.2) is 40.3 Å². The van der Waals surface area contributed by atoms with Crippen LogP contribution in [-0.2, 0) is 0 Å². The number of allylic oxidation sites excluding steroid dienone is 2. The van der Waals surface area contributed by atoms with Crippen molar-refractivity contribution < 1.29 is 9.80 Å². The van der Waals surface area contributed by atoms with E-state index < -0.39 is 10.8 Å². The Hall–Kier alpha value is -2.33. The molecule has 2 atom stereocenters. The van der Waals surface area contributed by atoms with Crippen molar-refractivity contribution in [3.63, 3.8) is 0 Å². The summed E-state index contributed by atoms with van der Waals surface area (Å²) in [4.78, 5) is 2.76. The number of likely N-dealkylation sites (tertiary alicyclic amines) is 1. The predicted octanol–water partition coefficient (Wildman–Crippen LogP) is -1.86. The number of likely N-dealkylation sites (N-methyl/N-ethyl adjacent to an activating group) is 1. The van der Waals surface area contributed by atoms with Gasteiger partial charge in [0.15, 0.2) is 5.41 Å². The van der Waals surface area contributed by atoms with Gasteiger partial charge < -0.3 is 15.5 Å². The van der Waals surface area contributed by atoms with E-state index in [2.05, 4.69) is 38.4 Å². The summed E-state index contributed by atoms with van der Waals surface area (Å²) < 4.78 is 0. The number of rotatable bonds is 0. The van der Waals surface area contributed by atoms with Crippen LogP contribution in [0.1, 0.15) is 12.8 Å². The molecule has 6 nitrogen and oxygen atoms in total. The molecule has 3 rings (SSSR count). The fourth-order valence-corrected chi connectivity index (χ4v) is 4.95. The quantitative estimate of drug-likeness (QED) is 0.485. The number of nitrogens with two attached hydrogens (primary N) is 1. The van der Waals surface area contributed by atoms with E-state index in [1.165, 1.54) is 9.80 Å². The molecule has 0 bridgehead atoms. The molecule has 0 saturated carbocycles. The third-order valence-corrected chi connectivity index (χ3v) is 6.42. The molecule has 24 heavy (non-hydrogen) atoms. The normalized spacial score (nSPS) is 37.6. The number of hydrogen-bond donors (Lipinski definition) is 3. The maximum Gasteiger partial charge on any atom is 0.190 e. The first-order valence-electron chi connectivity index (χ1n) is 8.51. The summed E-state index contributed by atoms with van der Waals surface area (Å²) in [6.45, 7) is 3.53. The smallest absolute Gasteiger partial charge is 0.190 e. The monoisotopic (exact) mass is 324 g/mol. The van der Waals surface area contributed by atoms with Crippen LogP contribution in [0.15, 0.2) is 22.9 Å². The Labute approximate surface area is 143 Å². The van der Waals surface area contributed by atoms with Gasteiger partial charge in [-0.1, -0.05) is 0 Å². The van der Waals surface area contributed by atoms with Crippen LogP contribution >= 0.6 is 0 Å². The fourth-order valence-electron chi connectivity index (χ4n) is 4.95. The van der Waals surface area contributed by atoms with Gasteiger partial charge in [-0.25, -0.2) is 0 Å².